The zero-order valence-electron chi connectivity index (χ0n) is 10.5. The first-order valence-electron chi connectivity index (χ1n) is 5.62. The number of methoxy groups -OCH3 is 2. The molecule has 2 rings (SSSR count). The maximum Gasteiger partial charge on any atom is 0.146 e. The minimum Gasteiger partial charge on any atom is -0.497 e. The number of rotatable bonds is 4. The molecule has 1 heterocycles. The van der Waals surface area contributed by atoms with Crippen molar-refractivity contribution in [1.82, 2.24) is 4.57 Å². The van der Waals surface area contributed by atoms with Crippen LogP contribution in [-0.2, 0) is 6.54 Å². The molecule has 0 unspecified atom stereocenters. The molecule has 0 atom stereocenters. The molecule has 2 N–H and O–H groups in total. The minimum absolute atomic E-state index is 0.610. The van der Waals surface area contributed by atoms with Crippen LogP contribution >= 0.6 is 0 Å². The summed E-state index contributed by atoms with van der Waals surface area (Å²) in [6, 6.07) is 3.93. The van der Waals surface area contributed by atoms with Gasteiger partial charge < -0.3 is 19.8 Å². The van der Waals surface area contributed by atoms with E-state index in [1.54, 1.807) is 14.2 Å². The first kappa shape index (κ1) is 11.8. The summed E-state index contributed by atoms with van der Waals surface area (Å²) in [4.78, 5) is 0. The van der Waals surface area contributed by atoms with Crippen molar-refractivity contribution in [2.75, 3.05) is 20.8 Å². The quantitative estimate of drug-likeness (QED) is 0.879. The van der Waals surface area contributed by atoms with Crippen LogP contribution in [0.4, 0.5) is 0 Å². The molecule has 0 spiro atoms. The number of hydrogen-bond donors (Lipinski definition) is 1. The minimum atomic E-state index is 0.610. The lowest BCUT2D eigenvalue weighted by Gasteiger charge is -2.09. The SMILES string of the molecule is COc1cc(OC)c2c(c1)c(C)cn2CCN. The van der Waals surface area contributed by atoms with Crippen LogP contribution < -0.4 is 15.2 Å². The zero-order chi connectivity index (χ0) is 12.4. The van der Waals surface area contributed by atoms with Gasteiger partial charge in [0.05, 0.1) is 19.7 Å². The molecule has 0 saturated carbocycles. The standard InChI is InChI=1S/C13H18N2O2/c1-9-8-15(5-4-14)13-11(9)6-10(16-2)7-12(13)17-3/h6-8H,4-5,14H2,1-3H3. The van der Waals surface area contributed by atoms with Gasteiger partial charge in [0, 0.05) is 30.7 Å². The molecule has 2 aromatic rings. The highest BCUT2D eigenvalue weighted by molar-refractivity contribution is 5.90. The van der Waals surface area contributed by atoms with E-state index >= 15 is 0 Å². The Bertz CT molecular complexity index is 532. The third-order valence-electron chi connectivity index (χ3n) is 2.94. The molecule has 0 radical (unpaired) electrons. The number of aryl methyl sites for hydroxylation is 1. The molecule has 92 valence electrons. The molecule has 4 nitrogen and oxygen atoms in total. The fraction of sp³-hybridized carbons (Fsp3) is 0.385. The van der Waals surface area contributed by atoms with Gasteiger partial charge in [-0.25, -0.2) is 0 Å². The Morgan fingerprint density at radius 1 is 1.24 bits per heavy atom. The highest BCUT2D eigenvalue weighted by Crippen LogP contribution is 2.34. The van der Waals surface area contributed by atoms with Gasteiger partial charge in [0.2, 0.25) is 0 Å². The van der Waals surface area contributed by atoms with Crippen molar-refractivity contribution in [2.24, 2.45) is 5.73 Å². The van der Waals surface area contributed by atoms with Crippen molar-refractivity contribution in [3.63, 3.8) is 0 Å². The predicted octanol–water partition coefficient (Wildman–Crippen LogP) is 1.93. The predicted molar refractivity (Wildman–Crippen MR) is 68.8 cm³/mol. The average molecular weight is 234 g/mol. The van der Waals surface area contributed by atoms with Gasteiger partial charge in [-0.3, -0.25) is 0 Å². The van der Waals surface area contributed by atoms with E-state index in [0.29, 0.717) is 6.54 Å². The Morgan fingerprint density at radius 2 is 2.00 bits per heavy atom. The first-order chi connectivity index (χ1) is 8.21. The second kappa shape index (κ2) is 4.67. The third-order valence-corrected chi connectivity index (χ3v) is 2.94. The van der Waals surface area contributed by atoms with Gasteiger partial charge in [0.15, 0.2) is 0 Å². The van der Waals surface area contributed by atoms with E-state index in [1.807, 2.05) is 12.1 Å². The van der Waals surface area contributed by atoms with E-state index in [1.165, 1.54) is 5.56 Å². The fourth-order valence-electron chi connectivity index (χ4n) is 2.14. The smallest absolute Gasteiger partial charge is 0.146 e. The van der Waals surface area contributed by atoms with E-state index in [-0.39, 0.29) is 0 Å². The number of nitrogens with zero attached hydrogens (tertiary/aromatic N) is 1. The monoisotopic (exact) mass is 234 g/mol. The van der Waals surface area contributed by atoms with Crippen LogP contribution in [0.5, 0.6) is 11.5 Å². The average Bonchev–Trinajstić information content (AvgIpc) is 2.66. The van der Waals surface area contributed by atoms with Gasteiger partial charge in [0.25, 0.3) is 0 Å². The van der Waals surface area contributed by atoms with Crippen molar-refractivity contribution < 1.29 is 9.47 Å². The van der Waals surface area contributed by atoms with Crippen molar-refractivity contribution >= 4 is 10.9 Å². The van der Waals surface area contributed by atoms with Gasteiger partial charge in [0.1, 0.15) is 11.5 Å². The normalized spacial score (nSPS) is 10.8. The molecule has 0 aliphatic carbocycles. The van der Waals surface area contributed by atoms with E-state index in [9.17, 15) is 0 Å². The molecule has 17 heavy (non-hydrogen) atoms. The summed E-state index contributed by atoms with van der Waals surface area (Å²) in [7, 11) is 3.33. The molecule has 0 fully saturated rings. The van der Waals surface area contributed by atoms with E-state index in [0.717, 1.165) is 28.9 Å². The second-order valence-corrected chi connectivity index (χ2v) is 4.02. The molecule has 0 bridgehead atoms. The van der Waals surface area contributed by atoms with Gasteiger partial charge in [-0.15, -0.1) is 0 Å². The molecular formula is C13H18N2O2. The molecular weight excluding hydrogens is 216 g/mol. The third kappa shape index (κ3) is 1.96. The second-order valence-electron chi connectivity index (χ2n) is 4.02. The number of aromatic nitrogens is 1. The summed E-state index contributed by atoms with van der Waals surface area (Å²) < 4.78 is 12.8. The molecule has 4 heteroatoms. The van der Waals surface area contributed by atoms with Gasteiger partial charge in [-0.2, -0.15) is 0 Å². The highest BCUT2D eigenvalue weighted by Gasteiger charge is 2.12. The van der Waals surface area contributed by atoms with Gasteiger partial charge in [-0.05, 0) is 18.6 Å². The molecule has 1 aromatic carbocycles. The number of fused-ring (bicyclic) bond motifs is 1. The summed E-state index contributed by atoms with van der Waals surface area (Å²) >= 11 is 0. The molecule has 0 aliphatic heterocycles. The van der Waals surface area contributed by atoms with E-state index < -0.39 is 0 Å². The van der Waals surface area contributed by atoms with Crippen molar-refractivity contribution in [1.29, 1.82) is 0 Å². The maximum atomic E-state index is 5.62. The van der Waals surface area contributed by atoms with Crippen molar-refractivity contribution in [3.8, 4) is 11.5 Å². The summed E-state index contributed by atoms with van der Waals surface area (Å²) in [5.74, 6) is 1.63. The summed E-state index contributed by atoms with van der Waals surface area (Å²) in [6.45, 7) is 3.47. The van der Waals surface area contributed by atoms with E-state index in [4.69, 9.17) is 15.2 Å². The highest BCUT2D eigenvalue weighted by atomic mass is 16.5. The van der Waals surface area contributed by atoms with Crippen LogP contribution in [0.15, 0.2) is 18.3 Å². The van der Waals surface area contributed by atoms with Gasteiger partial charge in [-0.1, -0.05) is 0 Å². The Morgan fingerprint density at radius 3 is 2.59 bits per heavy atom. The lowest BCUT2D eigenvalue weighted by Crippen LogP contribution is -2.09. The lowest BCUT2D eigenvalue weighted by atomic mass is 10.1. The van der Waals surface area contributed by atoms with Crippen LogP contribution in [0.3, 0.4) is 0 Å². The Hall–Kier alpha value is -1.68. The maximum absolute atomic E-state index is 5.62. The number of benzene rings is 1. The zero-order valence-corrected chi connectivity index (χ0v) is 10.5. The molecule has 1 aromatic heterocycles. The topological polar surface area (TPSA) is 49.4 Å². The van der Waals surface area contributed by atoms with Gasteiger partial charge >= 0.3 is 0 Å². The van der Waals surface area contributed by atoms with Crippen LogP contribution in [-0.4, -0.2) is 25.3 Å². The Kier molecular flexibility index (Phi) is 3.24. The number of ether oxygens (including phenoxy) is 2. The molecule has 0 amide bonds. The van der Waals surface area contributed by atoms with Crippen LogP contribution in [0.25, 0.3) is 10.9 Å². The largest absolute Gasteiger partial charge is 0.497 e. The summed E-state index contributed by atoms with van der Waals surface area (Å²) in [5.41, 5.74) is 7.90. The molecule has 0 saturated heterocycles. The van der Waals surface area contributed by atoms with Crippen molar-refractivity contribution in [2.45, 2.75) is 13.5 Å². The Balaban J connectivity index is 2.72. The van der Waals surface area contributed by atoms with E-state index in [2.05, 4.69) is 17.7 Å². The number of nitrogens with two attached hydrogens (primary N) is 1. The summed E-state index contributed by atoms with van der Waals surface area (Å²) in [5, 5.41) is 1.15. The molecule has 0 aliphatic rings. The van der Waals surface area contributed by atoms with Crippen molar-refractivity contribution in [3.05, 3.63) is 23.9 Å². The fourth-order valence-corrected chi connectivity index (χ4v) is 2.14. The van der Waals surface area contributed by atoms with Crippen LogP contribution in [0, 0.1) is 6.92 Å². The first-order valence-corrected chi connectivity index (χ1v) is 5.62. The van der Waals surface area contributed by atoms with Crippen LogP contribution in [0.1, 0.15) is 5.56 Å². The van der Waals surface area contributed by atoms with Crippen LogP contribution in [0.2, 0.25) is 0 Å². The summed E-state index contributed by atoms with van der Waals surface area (Å²) in [6.07, 6.45) is 2.10. The Labute approximate surface area is 101 Å². The lowest BCUT2D eigenvalue weighted by molar-refractivity contribution is 0.396. The number of hydrogen-bond acceptors (Lipinski definition) is 3.